The average Bonchev–Trinajstić information content (AvgIpc) is 2.74. The highest BCUT2D eigenvalue weighted by Crippen LogP contribution is 2.39. The number of fused-ring (bicyclic) bond motifs is 1. The van der Waals surface area contributed by atoms with E-state index in [4.69, 9.17) is 0 Å². The van der Waals surface area contributed by atoms with Crippen molar-refractivity contribution >= 4 is 11.3 Å². The first-order chi connectivity index (χ1) is 9.84. The van der Waals surface area contributed by atoms with Crippen LogP contribution < -0.4 is 0 Å². The summed E-state index contributed by atoms with van der Waals surface area (Å²) in [4.78, 5) is 0. The number of hydrazone groups is 1. The van der Waals surface area contributed by atoms with E-state index in [0.29, 0.717) is 6.04 Å². The van der Waals surface area contributed by atoms with Gasteiger partial charge in [-0.05, 0) is 23.6 Å². The zero-order valence-corrected chi connectivity index (χ0v) is 11.5. The van der Waals surface area contributed by atoms with E-state index in [2.05, 4.69) is 71.6 Å². The van der Waals surface area contributed by atoms with Gasteiger partial charge in [0.25, 0.3) is 0 Å². The van der Waals surface area contributed by atoms with Gasteiger partial charge in [0, 0.05) is 5.56 Å². The fourth-order valence-corrected chi connectivity index (χ4v) is 3.16. The van der Waals surface area contributed by atoms with Crippen molar-refractivity contribution in [2.45, 2.75) is 13.0 Å². The molecule has 0 bridgehead atoms. The highest BCUT2D eigenvalue weighted by atomic mass is 15.5. The molecule has 2 aromatic carbocycles. The molecule has 2 heteroatoms. The molecule has 0 aliphatic carbocycles. The van der Waals surface area contributed by atoms with Gasteiger partial charge in [-0.1, -0.05) is 60.7 Å². The van der Waals surface area contributed by atoms with E-state index in [9.17, 15) is 0 Å². The summed E-state index contributed by atoms with van der Waals surface area (Å²) in [5.41, 5.74) is 6.61. The molecule has 2 aromatic rings. The predicted molar refractivity (Wildman–Crippen MR) is 82.5 cm³/mol. The van der Waals surface area contributed by atoms with Gasteiger partial charge in [-0.15, -0.1) is 0 Å². The number of hydrogen-bond acceptors (Lipinski definition) is 2. The van der Waals surface area contributed by atoms with Gasteiger partial charge in [0.2, 0.25) is 0 Å². The Morgan fingerprint density at radius 3 is 2.15 bits per heavy atom. The third-order valence-corrected chi connectivity index (χ3v) is 4.08. The molecule has 2 aliphatic heterocycles. The van der Waals surface area contributed by atoms with Gasteiger partial charge in [-0.3, -0.25) is 5.01 Å². The van der Waals surface area contributed by atoms with Crippen LogP contribution in [0.2, 0.25) is 0 Å². The van der Waals surface area contributed by atoms with Crippen LogP contribution in [-0.2, 0) is 0 Å². The summed E-state index contributed by atoms with van der Waals surface area (Å²) in [5.74, 6) is 0. The van der Waals surface area contributed by atoms with Crippen molar-refractivity contribution in [2.24, 2.45) is 5.10 Å². The van der Waals surface area contributed by atoms with Crippen molar-refractivity contribution < 1.29 is 0 Å². The van der Waals surface area contributed by atoms with E-state index >= 15 is 0 Å². The van der Waals surface area contributed by atoms with Gasteiger partial charge in [0.05, 0.1) is 12.3 Å². The lowest BCUT2D eigenvalue weighted by Crippen LogP contribution is -2.45. The summed E-state index contributed by atoms with van der Waals surface area (Å²) in [6.07, 6.45) is 0. The van der Waals surface area contributed by atoms with Crippen LogP contribution in [-0.4, -0.2) is 23.3 Å². The van der Waals surface area contributed by atoms with Crippen LogP contribution in [0.4, 0.5) is 0 Å². The minimum Gasteiger partial charge on any atom is -0.279 e. The smallest absolute Gasteiger partial charge is 0.117 e. The van der Waals surface area contributed by atoms with Crippen LogP contribution in [0.1, 0.15) is 18.1 Å². The summed E-state index contributed by atoms with van der Waals surface area (Å²) in [7, 11) is 0. The number of benzene rings is 2. The SMILES string of the molecule is CC1=C(c2ccccc2)C2C(c3ccccc3)=NN2C1. The summed E-state index contributed by atoms with van der Waals surface area (Å²) in [6.45, 7) is 3.17. The minimum atomic E-state index is 0.333. The molecular formula is C18H16N2. The van der Waals surface area contributed by atoms with E-state index in [1.165, 1.54) is 28.0 Å². The molecular weight excluding hydrogens is 244 g/mol. The zero-order chi connectivity index (χ0) is 13.5. The van der Waals surface area contributed by atoms with Gasteiger partial charge in [0.1, 0.15) is 6.04 Å². The van der Waals surface area contributed by atoms with E-state index in [0.717, 1.165) is 6.54 Å². The Morgan fingerprint density at radius 1 is 0.900 bits per heavy atom. The lowest BCUT2D eigenvalue weighted by Gasteiger charge is -2.35. The molecule has 2 heterocycles. The molecule has 0 aromatic heterocycles. The van der Waals surface area contributed by atoms with Crippen LogP contribution in [0, 0.1) is 0 Å². The predicted octanol–water partition coefficient (Wildman–Crippen LogP) is 3.56. The molecule has 0 saturated carbocycles. The van der Waals surface area contributed by atoms with Crippen LogP contribution in [0.25, 0.3) is 5.57 Å². The lowest BCUT2D eigenvalue weighted by molar-refractivity contribution is 0.292. The van der Waals surface area contributed by atoms with Gasteiger partial charge in [0.15, 0.2) is 0 Å². The normalized spacial score (nSPS) is 20.6. The Bertz CT molecular complexity index is 699. The Labute approximate surface area is 119 Å². The maximum absolute atomic E-state index is 4.69. The van der Waals surface area contributed by atoms with Crippen LogP contribution >= 0.6 is 0 Å². The first-order valence-electron chi connectivity index (χ1n) is 7.00. The molecule has 2 aliphatic rings. The van der Waals surface area contributed by atoms with Crippen molar-refractivity contribution in [1.29, 1.82) is 0 Å². The second kappa shape index (κ2) is 4.34. The minimum absolute atomic E-state index is 0.333. The van der Waals surface area contributed by atoms with Crippen molar-refractivity contribution in [2.75, 3.05) is 6.54 Å². The van der Waals surface area contributed by atoms with Crippen LogP contribution in [0.15, 0.2) is 71.3 Å². The standard InChI is InChI=1S/C18H16N2/c1-13-12-20-18(16(13)14-8-4-2-5-9-14)17(19-20)15-10-6-3-7-11-15/h2-11,18H,12H2,1H3. The van der Waals surface area contributed by atoms with Crippen LogP contribution in [0.3, 0.4) is 0 Å². The van der Waals surface area contributed by atoms with E-state index in [1.807, 2.05) is 6.07 Å². The molecule has 98 valence electrons. The topological polar surface area (TPSA) is 15.6 Å². The lowest BCUT2D eigenvalue weighted by atomic mass is 9.90. The summed E-state index contributed by atoms with van der Waals surface area (Å²) in [5, 5.41) is 6.88. The molecule has 1 unspecified atom stereocenters. The molecule has 1 atom stereocenters. The maximum Gasteiger partial charge on any atom is 0.117 e. The van der Waals surface area contributed by atoms with Crippen molar-refractivity contribution in [1.82, 2.24) is 5.01 Å². The molecule has 0 saturated heterocycles. The zero-order valence-electron chi connectivity index (χ0n) is 11.5. The highest BCUT2D eigenvalue weighted by Gasteiger charge is 2.41. The van der Waals surface area contributed by atoms with E-state index in [-0.39, 0.29) is 0 Å². The summed E-state index contributed by atoms with van der Waals surface area (Å²) in [6, 6.07) is 21.5. The molecule has 0 fully saturated rings. The quantitative estimate of drug-likeness (QED) is 0.806. The van der Waals surface area contributed by atoms with Gasteiger partial charge >= 0.3 is 0 Å². The third-order valence-electron chi connectivity index (χ3n) is 4.08. The molecule has 0 N–H and O–H groups in total. The number of nitrogens with zero attached hydrogens (tertiary/aromatic N) is 2. The fourth-order valence-electron chi connectivity index (χ4n) is 3.16. The number of rotatable bonds is 2. The summed E-state index contributed by atoms with van der Waals surface area (Å²) >= 11 is 0. The Hall–Kier alpha value is -2.35. The second-order valence-electron chi connectivity index (χ2n) is 5.41. The van der Waals surface area contributed by atoms with Crippen molar-refractivity contribution in [3.63, 3.8) is 0 Å². The monoisotopic (exact) mass is 260 g/mol. The van der Waals surface area contributed by atoms with E-state index in [1.54, 1.807) is 0 Å². The van der Waals surface area contributed by atoms with Crippen LogP contribution in [0.5, 0.6) is 0 Å². The Kier molecular flexibility index (Phi) is 2.49. The average molecular weight is 260 g/mol. The molecule has 0 radical (unpaired) electrons. The molecule has 4 rings (SSSR count). The summed E-state index contributed by atoms with van der Waals surface area (Å²) < 4.78 is 0. The highest BCUT2D eigenvalue weighted by molar-refractivity contribution is 6.14. The Morgan fingerprint density at radius 2 is 1.50 bits per heavy atom. The largest absolute Gasteiger partial charge is 0.279 e. The second-order valence-corrected chi connectivity index (χ2v) is 5.41. The Balaban J connectivity index is 1.75. The van der Waals surface area contributed by atoms with Crippen molar-refractivity contribution in [3.05, 3.63) is 77.4 Å². The fraction of sp³-hybridized carbons (Fsp3) is 0.167. The van der Waals surface area contributed by atoms with Gasteiger partial charge in [-0.2, -0.15) is 5.10 Å². The van der Waals surface area contributed by atoms with Gasteiger partial charge in [-0.25, -0.2) is 0 Å². The molecule has 0 amide bonds. The maximum atomic E-state index is 4.69. The number of hydrogen-bond donors (Lipinski definition) is 0. The third kappa shape index (κ3) is 1.61. The molecule has 0 spiro atoms. The molecule has 2 nitrogen and oxygen atoms in total. The van der Waals surface area contributed by atoms with Gasteiger partial charge < -0.3 is 0 Å². The molecule has 20 heavy (non-hydrogen) atoms. The first-order valence-corrected chi connectivity index (χ1v) is 7.00. The first kappa shape index (κ1) is 11.5. The van der Waals surface area contributed by atoms with Crippen molar-refractivity contribution in [3.8, 4) is 0 Å². The van der Waals surface area contributed by atoms with E-state index < -0.39 is 0 Å².